The Hall–Kier alpha value is -3.44. The van der Waals surface area contributed by atoms with Gasteiger partial charge in [-0.3, -0.25) is 9.78 Å². The van der Waals surface area contributed by atoms with Crippen LogP contribution in [0.3, 0.4) is 0 Å². The number of rotatable bonds is 7. The van der Waals surface area contributed by atoms with Crippen LogP contribution in [-0.4, -0.2) is 36.1 Å². The highest BCUT2D eigenvalue weighted by Crippen LogP contribution is 2.26. The number of amides is 1. The van der Waals surface area contributed by atoms with E-state index in [-0.39, 0.29) is 5.91 Å². The van der Waals surface area contributed by atoms with Crippen LogP contribution >= 0.6 is 0 Å². The Bertz CT molecular complexity index is 1090. The van der Waals surface area contributed by atoms with Crippen LogP contribution in [0.15, 0.2) is 83.8 Å². The number of carbonyl (C=O) groups excluding carboxylic acids is 1. The fourth-order valence-electron chi connectivity index (χ4n) is 3.31. The maximum atomic E-state index is 13.2. The van der Waals surface area contributed by atoms with E-state index in [9.17, 15) is 4.79 Å². The number of furan rings is 1. The van der Waals surface area contributed by atoms with Crippen molar-refractivity contribution in [3.05, 3.63) is 90.6 Å². The van der Waals surface area contributed by atoms with Crippen LogP contribution in [0, 0.1) is 0 Å². The highest BCUT2D eigenvalue weighted by Gasteiger charge is 2.17. The molecule has 4 rings (SSSR count). The van der Waals surface area contributed by atoms with Gasteiger partial charge in [-0.05, 0) is 52.7 Å². The van der Waals surface area contributed by atoms with E-state index < -0.39 is 0 Å². The van der Waals surface area contributed by atoms with Gasteiger partial charge in [-0.2, -0.15) is 0 Å². The summed E-state index contributed by atoms with van der Waals surface area (Å²) in [6, 6.07) is 19.6. The van der Waals surface area contributed by atoms with Gasteiger partial charge in [0.05, 0.1) is 31.4 Å². The zero-order valence-corrected chi connectivity index (χ0v) is 16.2. The lowest BCUT2D eigenvalue weighted by molar-refractivity contribution is 0.0678. The third kappa shape index (κ3) is 4.36. The van der Waals surface area contributed by atoms with Gasteiger partial charge in [0.2, 0.25) is 0 Å². The minimum absolute atomic E-state index is 0.0338. The van der Waals surface area contributed by atoms with Gasteiger partial charge in [0.15, 0.2) is 0 Å². The van der Waals surface area contributed by atoms with E-state index in [1.54, 1.807) is 30.7 Å². The summed E-state index contributed by atoms with van der Waals surface area (Å²) in [7, 11) is 1.64. The van der Waals surface area contributed by atoms with E-state index in [0.29, 0.717) is 25.3 Å². The topological polar surface area (TPSA) is 55.6 Å². The Balaban J connectivity index is 1.60. The van der Waals surface area contributed by atoms with Crippen LogP contribution in [-0.2, 0) is 11.3 Å². The van der Waals surface area contributed by atoms with Crippen molar-refractivity contribution in [2.24, 2.45) is 0 Å². The molecule has 0 radical (unpaired) electrons. The van der Waals surface area contributed by atoms with Crippen LogP contribution in [0.2, 0.25) is 0 Å². The first kappa shape index (κ1) is 18.9. The molecule has 0 unspecified atom stereocenters. The molecule has 0 N–H and O–H groups in total. The van der Waals surface area contributed by atoms with Gasteiger partial charge in [-0.15, -0.1) is 0 Å². The monoisotopic (exact) mass is 386 g/mol. The number of carbonyl (C=O) groups is 1. The molecular formula is C24H22N2O3. The average Bonchev–Trinajstić information content (AvgIpc) is 3.31. The maximum Gasteiger partial charge on any atom is 0.254 e. The Labute approximate surface area is 169 Å². The molecule has 5 nitrogen and oxygen atoms in total. The van der Waals surface area contributed by atoms with Crippen LogP contribution in [0.25, 0.3) is 21.9 Å². The lowest BCUT2D eigenvalue weighted by Crippen LogP contribution is -2.33. The van der Waals surface area contributed by atoms with Gasteiger partial charge >= 0.3 is 0 Å². The van der Waals surface area contributed by atoms with E-state index in [4.69, 9.17) is 9.15 Å². The van der Waals surface area contributed by atoms with E-state index in [2.05, 4.69) is 11.1 Å². The molecule has 0 aliphatic heterocycles. The Morgan fingerprint density at radius 3 is 2.66 bits per heavy atom. The van der Waals surface area contributed by atoms with Gasteiger partial charge < -0.3 is 14.1 Å². The number of benzene rings is 2. The quantitative estimate of drug-likeness (QED) is 0.458. The summed E-state index contributed by atoms with van der Waals surface area (Å²) in [5, 5.41) is 2.10. The number of hydrogen-bond donors (Lipinski definition) is 0. The standard InChI is InChI=1S/C24H22N2O3/c1-28-13-11-26(16-23-4-2-3-10-25-23)24(27)21-8-7-18-14-20(6-5-19(18)15-21)22-9-12-29-17-22/h2-10,12,14-15,17H,11,13,16H2,1H3. The lowest BCUT2D eigenvalue weighted by atomic mass is 10.0. The molecule has 0 bridgehead atoms. The highest BCUT2D eigenvalue weighted by atomic mass is 16.5. The highest BCUT2D eigenvalue weighted by molar-refractivity contribution is 5.99. The lowest BCUT2D eigenvalue weighted by Gasteiger charge is -2.22. The minimum atomic E-state index is -0.0338. The predicted molar refractivity (Wildman–Crippen MR) is 113 cm³/mol. The summed E-state index contributed by atoms with van der Waals surface area (Å²) >= 11 is 0. The summed E-state index contributed by atoms with van der Waals surface area (Å²) in [6.45, 7) is 1.42. The molecule has 0 aliphatic carbocycles. The number of aromatic nitrogens is 1. The van der Waals surface area contributed by atoms with Gasteiger partial charge in [-0.25, -0.2) is 0 Å². The molecule has 2 aromatic heterocycles. The average molecular weight is 386 g/mol. The molecule has 29 heavy (non-hydrogen) atoms. The van der Waals surface area contributed by atoms with Crippen LogP contribution in [0.4, 0.5) is 0 Å². The number of hydrogen-bond acceptors (Lipinski definition) is 4. The number of ether oxygens (including phenoxy) is 1. The van der Waals surface area contributed by atoms with Crippen molar-refractivity contribution in [1.29, 1.82) is 0 Å². The molecule has 0 saturated carbocycles. The van der Waals surface area contributed by atoms with Crippen molar-refractivity contribution in [2.45, 2.75) is 6.54 Å². The number of methoxy groups -OCH3 is 1. The summed E-state index contributed by atoms with van der Waals surface area (Å²) < 4.78 is 10.4. The Morgan fingerprint density at radius 2 is 1.90 bits per heavy atom. The molecule has 1 amide bonds. The van der Waals surface area contributed by atoms with Gasteiger partial charge in [0.25, 0.3) is 5.91 Å². The molecular weight excluding hydrogens is 364 g/mol. The molecule has 4 aromatic rings. The van der Waals surface area contributed by atoms with Gasteiger partial charge in [0.1, 0.15) is 0 Å². The van der Waals surface area contributed by atoms with Crippen LogP contribution in [0.1, 0.15) is 16.1 Å². The summed E-state index contributed by atoms with van der Waals surface area (Å²) in [5.74, 6) is -0.0338. The summed E-state index contributed by atoms with van der Waals surface area (Å²) in [5.41, 5.74) is 3.62. The largest absolute Gasteiger partial charge is 0.472 e. The van der Waals surface area contributed by atoms with Gasteiger partial charge in [-0.1, -0.05) is 24.3 Å². The fraction of sp³-hybridized carbons (Fsp3) is 0.167. The van der Waals surface area contributed by atoms with Crippen molar-refractivity contribution in [3.8, 4) is 11.1 Å². The molecule has 0 saturated heterocycles. The molecule has 2 aromatic carbocycles. The second-order valence-corrected chi connectivity index (χ2v) is 6.83. The molecule has 146 valence electrons. The minimum Gasteiger partial charge on any atom is -0.472 e. The van der Waals surface area contributed by atoms with Crippen molar-refractivity contribution in [3.63, 3.8) is 0 Å². The molecule has 0 spiro atoms. The number of fused-ring (bicyclic) bond motifs is 1. The number of nitrogens with zero attached hydrogens (tertiary/aromatic N) is 2. The second kappa shape index (κ2) is 8.71. The van der Waals surface area contributed by atoms with Crippen molar-refractivity contribution in [2.75, 3.05) is 20.3 Å². The van der Waals surface area contributed by atoms with E-state index in [1.165, 1.54) is 0 Å². The summed E-state index contributed by atoms with van der Waals surface area (Å²) in [6.07, 6.45) is 5.13. The van der Waals surface area contributed by atoms with Crippen molar-refractivity contribution in [1.82, 2.24) is 9.88 Å². The van der Waals surface area contributed by atoms with E-state index in [1.807, 2.05) is 54.6 Å². The first-order valence-corrected chi connectivity index (χ1v) is 9.49. The van der Waals surface area contributed by atoms with E-state index >= 15 is 0 Å². The maximum absolute atomic E-state index is 13.2. The zero-order chi connectivity index (χ0) is 20.1. The predicted octanol–water partition coefficient (Wildman–Crippen LogP) is 4.78. The second-order valence-electron chi connectivity index (χ2n) is 6.83. The Kier molecular flexibility index (Phi) is 5.68. The van der Waals surface area contributed by atoms with Crippen molar-refractivity contribution >= 4 is 16.7 Å². The van der Waals surface area contributed by atoms with Gasteiger partial charge in [0, 0.05) is 31.0 Å². The van der Waals surface area contributed by atoms with E-state index in [0.717, 1.165) is 27.6 Å². The fourth-order valence-corrected chi connectivity index (χ4v) is 3.31. The first-order valence-electron chi connectivity index (χ1n) is 9.49. The zero-order valence-electron chi connectivity index (χ0n) is 16.2. The molecule has 0 fully saturated rings. The third-order valence-corrected chi connectivity index (χ3v) is 4.87. The number of pyridine rings is 1. The van der Waals surface area contributed by atoms with Crippen LogP contribution in [0.5, 0.6) is 0 Å². The van der Waals surface area contributed by atoms with Crippen LogP contribution < -0.4 is 0 Å². The molecule has 0 aliphatic rings. The molecule has 2 heterocycles. The molecule has 0 atom stereocenters. The third-order valence-electron chi connectivity index (χ3n) is 4.87. The normalized spacial score (nSPS) is 10.9. The molecule has 5 heteroatoms. The Morgan fingerprint density at radius 1 is 1.03 bits per heavy atom. The van der Waals surface area contributed by atoms with Crippen molar-refractivity contribution < 1.29 is 13.9 Å². The smallest absolute Gasteiger partial charge is 0.254 e. The first-order chi connectivity index (χ1) is 14.2. The SMILES string of the molecule is COCCN(Cc1ccccn1)C(=O)c1ccc2cc(-c3ccoc3)ccc2c1. The summed E-state index contributed by atoms with van der Waals surface area (Å²) in [4.78, 5) is 19.3.